The van der Waals surface area contributed by atoms with Crippen molar-refractivity contribution in [1.29, 1.82) is 0 Å². The number of rotatable bonds is 10. The van der Waals surface area contributed by atoms with Crippen molar-refractivity contribution >= 4 is 33.4 Å². The second-order valence-electron chi connectivity index (χ2n) is 12.2. The van der Waals surface area contributed by atoms with Gasteiger partial charge in [-0.25, -0.2) is 4.98 Å². The number of nitrogens with one attached hydrogen (secondary N) is 2. The number of piperidine rings is 1. The molecule has 1 fully saturated rings. The van der Waals surface area contributed by atoms with E-state index in [-0.39, 0.29) is 46.1 Å². The molecule has 0 saturated carbocycles. The van der Waals surface area contributed by atoms with Crippen molar-refractivity contribution in [3.63, 3.8) is 0 Å². The molecular weight excluding hydrogens is 574 g/mol. The van der Waals surface area contributed by atoms with Crippen LogP contribution in [0.3, 0.4) is 0 Å². The summed E-state index contributed by atoms with van der Waals surface area (Å²) in [5.74, 6) is 0.962. The molecule has 4 rings (SSSR count). The Hall–Kier alpha value is -3.81. The molecule has 0 spiro atoms. The number of quaternary nitrogens is 1. The number of hydroxylamine groups is 3. The van der Waals surface area contributed by atoms with Crippen LogP contribution in [-0.4, -0.2) is 66.5 Å². The Bertz CT molecular complexity index is 1520. The van der Waals surface area contributed by atoms with E-state index in [0.717, 1.165) is 11.8 Å². The van der Waals surface area contributed by atoms with E-state index in [1.807, 2.05) is 34.6 Å². The molecule has 0 aliphatic carbocycles. The van der Waals surface area contributed by atoms with E-state index in [1.54, 1.807) is 42.5 Å². The monoisotopic (exact) mass is 614 g/mol. The van der Waals surface area contributed by atoms with Gasteiger partial charge in [0.1, 0.15) is 42.4 Å². The standard InChI is InChI=1S/C30H39N5O7S/c1-20(2)35(42-43(6,38)39)15-13-23(14-16-35)40-24-11-12-25(31-19-24)29(37)32-22-9-7-21(8-10-22)17-28(36)33-27-18-26(41-34-27)30(3,4)5/h7-12,18-20,23H,13-17H2,1-6H3,(H-,32,33,34,36,37)/p+1. The second-order valence-corrected chi connectivity index (χ2v) is 13.7. The number of carbonyl (C=O) groups is 2. The highest BCUT2D eigenvalue weighted by Crippen LogP contribution is 2.28. The molecule has 0 bridgehead atoms. The number of hydrogen-bond acceptors (Lipinski definition) is 9. The Kier molecular flexibility index (Phi) is 9.57. The van der Waals surface area contributed by atoms with Crippen LogP contribution in [0.4, 0.5) is 11.5 Å². The minimum Gasteiger partial charge on any atom is -0.488 e. The zero-order chi connectivity index (χ0) is 31.4. The fourth-order valence-corrected chi connectivity index (χ4v) is 5.64. The van der Waals surface area contributed by atoms with Crippen LogP contribution in [0.2, 0.25) is 0 Å². The number of carbonyl (C=O) groups excluding carboxylic acids is 2. The molecule has 2 N–H and O–H groups in total. The SMILES string of the molecule is CC(C)[N+]1(OS(C)(=O)=O)CCC(Oc2ccc(C(=O)Nc3ccc(CC(=O)Nc4cc(C(C)(C)C)on4)cc3)nc2)CC1. The molecule has 0 radical (unpaired) electrons. The fraction of sp³-hybridized carbons (Fsp3) is 0.467. The number of benzene rings is 1. The first kappa shape index (κ1) is 32.1. The van der Waals surface area contributed by atoms with Crippen molar-refractivity contribution in [3.8, 4) is 5.75 Å². The Morgan fingerprint density at radius 3 is 2.28 bits per heavy atom. The summed E-state index contributed by atoms with van der Waals surface area (Å²) >= 11 is 0. The van der Waals surface area contributed by atoms with E-state index in [2.05, 4.69) is 20.8 Å². The maximum Gasteiger partial charge on any atom is 0.311 e. The molecule has 3 heterocycles. The van der Waals surface area contributed by atoms with Crippen molar-refractivity contribution in [2.45, 2.75) is 71.4 Å². The van der Waals surface area contributed by atoms with E-state index >= 15 is 0 Å². The first-order valence-electron chi connectivity index (χ1n) is 14.2. The number of hydrogen-bond donors (Lipinski definition) is 2. The van der Waals surface area contributed by atoms with Gasteiger partial charge in [0, 0.05) is 30.0 Å². The molecule has 12 nitrogen and oxygen atoms in total. The van der Waals surface area contributed by atoms with Crippen molar-refractivity contribution in [2.75, 3.05) is 30.0 Å². The number of anilines is 2. The number of aromatic nitrogens is 2. The molecule has 0 atom stereocenters. The predicted octanol–water partition coefficient (Wildman–Crippen LogP) is 4.46. The van der Waals surface area contributed by atoms with Gasteiger partial charge in [-0.05, 0) is 43.7 Å². The zero-order valence-corrected chi connectivity index (χ0v) is 26.2. The Labute approximate surface area is 252 Å². The number of amides is 2. The third kappa shape index (κ3) is 8.85. The van der Waals surface area contributed by atoms with Crippen LogP contribution in [0.25, 0.3) is 0 Å². The number of nitrogens with zero attached hydrogens (tertiary/aromatic N) is 3. The number of pyridine rings is 1. The molecule has 3 aromatic rings. The molecule has 232 valence electrons. The fourth-order valence-electron chi connectivity index (χ4n) is 4.78. The molecule has 1 aliphatic heterocycles. The first-order valence-corrected chi connectivity index (χ1v) is 16.0. The third-order valence-electron chi connectivity index (χ3n) is 7.25. The summed E-state index contributed by atoms with van der Waals surface area (Å²) in [5, 5.41) is 9.45. The Morgan fingerprint density at radius 2 is 1.74 bits per heavy atom. The lowest BCUT2D eigenvalue weighted by Crippen LogP contribution is -2.59. The lowest BCUT2D eigenvalue weighted by Gasteiger charge is -2.42. The van der Waals surface area contributed by atoms with Gasteiger partial charge in [-0.1, -0.05) is 42.3 Å². The molecule has 43 heavy (non-hydrogen) atoms. The lowest BCUT2D eigenvalue weighted by atomic mass is 9.93. The molecule has 1 aromatic carbocycles. The summed E-state index contributed by atoms with van der Waals surface area (Å²) in [6.45, 7) is 10.9. The van der Waals surface area contributed by atoms with Gasteiger partial charge in [0.05, 0.1) is 18.9 Å². The molecule has 2 amide bonds. The highest BCUT2D eigenvalue weighted by molar-refractivity contribution is 7.85. The summed E-state index contributed by atoms with van der Waals surface area (Å²) in [5.41, 5.74) is 1.34. The van der Waals surface area contributed by atoms with Gasteiger partial charge < -0.3 is 19.9 Å². The van der Waals surface area contributed by atoms with Crippen LogP contribution in [0.15, 0.2) is 53.2 Å². The van der Waals surface area contributed by atoms with E-state index in [1.165, 1.54) is 6.20 Å². The highest BCUT2D eigenvalue weighted by Gasteiger charge is 2.42. The van der Waals surface area contributed by atoms with Crippen molar-refractivity contribution in [3.05, 3.63) is 65.7 Å². The van der Waals surface area contributed by atoms with Crippen molar-refractivity contribution in [1.82, 2.24) is 10.1 Å². The van der Waals surface area contributed by atoms with Gasteiger partial charge in [0.15, 0.2) is 5.82 Å². The molecular formula is C30H40N5O7S+. The van der Waals surface area contributed by atoms with Crippen LogP contribution in [-0.2, 0) is 31.0 Å². The molecule has 0 unspecified atom stereocenters. The van der Waals surface area contributed by atoms with Crippen LogP contribution in [0.1, 0.15) is 69.3 Å². The molecule has 1 aliphatic rings. The first-order chi connectivity index (χ1) is 20.1. The third-order valence-corrected chi connectivity index (χ3v) is 7.82. The summed E-state index contributed by atoms with van der Waals surface area (Å²) in [4.78, 5) is 29.4. The minimum atomic E-state index is -3.60. The summed E-state index contributed by atoms with van der Waals surface area (Å²) in [6, 6.07) is 11.9. The van der Waals surface area contributed by atoms with Gasteiger partial charge in [0.2, 0.25) is 5.91 Å². The Balaban J connectivity index is 1.25. The van der Waals surface area contributed by atoms with Gasteiger partial charge in [-0.2, -0.15) is 13.1 Å². The van der Waals surface area contributed by atoms with E-state index in [0.29, 0.717) is 48.9 Å². The van der Waals surface area contributed by atoms with Gasteiger partial charge in [-0.3, -0.25) is 9.59 Å². The average Bonchev–Trinajstić information content (AvgIpc) is 3.39. The van der Waals surface area contributed by atoms with Crippen LogP contribution >= 0.6 is 0 Å². The van der Waals surface area contributed by atoms with Gasteiger partial charge in [0.25, 0.3) is 5.91 Å². The smallest absolute Gasteiger partial charge is 0.311 e. The Morgan fingerprint density at radius 1 is 1.07 bits per heavy atom. The molecule has 2 aromatic heterocycles. The topological polar surface area (TPSA) is 150 Å². The number of ether oxygens (including phenoxy) is 1. The quantitative estimate of drug-likeness (QED) is 0.316. The second kappa shape index (κ2) is 12.8. The zero-order valence-electron chi connectivity index (χ0n) is 25.4. The number of likely N-dealkylation sites (tertiary alicyclic amines) is 1. The van der Waals surface area contributed by atoms with Crippen LogP contribution in [0, 0.1) is 0 Å². The van der Waals surface area contributed by atoms with E-state index < -0.39 is 10.1 Å². The maximum absolute atomic E-state index is 12.7. The normalized spacial score (nSPS) is 19.2. The summed E-state index contributed by atoms with van der Waals surface area (Å²) in [6.07, 6.45) is 3.83. The predicted molar refractivity (Wildman–Crippen MR) is 161 cm³/mol. The van der Waals surface area contributed by atoms with E-state index in [9.17, 15) is 18.0 Å². The molecule has 1 saturated heterocycles. The summed E-state index contributed by atoms with van der Waals surface area (Å²) in [7, 11) is -3.60. The van der Waals surface area contributed by atoms with Gasteiger partial charge >= 0.3 is 10.1 Å². The van der Waals surface area contributed by atoms with Crippen LogP contribution in [0.5, 0.6) is 5.75 Å². The molecule has 13 heteroatoms. The largest absolute Gasteiger partial charge is 0.488 e. The minimum absolute atomic E-state index is 0.0155. The average molecular weight is 615 g/mol. The van der Waals surface area contributed by atoms with Crippen LogP contribution < -0.4 is 15.4 Å². The van der Waals surface area contributed by atoms with Gasteiger partial charge in [-0.15, -0.1) is 0 Å². The van der Waals surface area contributed by atoms with Crippen molar-refractivity contribution in [2.24, 2.45) is 0 Å². The summed E-state index contributed by atoms with van der Waals surface area (Å²) < 4.78 is 40.4. The maximum atomic E-state index is 12.7. The highest BCUT2D eigenvalue weighted by atomic mass is 32.2. The van der Waals surface area contributed by atoms with Crippen molar-refractivity contribution < 1.29 is 36.2 Å². The lowest BCUT2D eigenvalue weighted by molar-refractivity contribution is -1.10. The van der Waals surface area contributed by atoms with E-state index in [4.69, 9.17) is 13.5 Å².